The summed E-state index contributed by atoms with van der Waals surface area (Å²) < 4.78 is 19.1. The van der Waals surface area contributed by atoms with Crippen LogP contribution < -0.4 is 10.1 Å². The molecule has 6 rings (SSSR count). The summed E-state index contributed by atoms with van der Waals surface area (Å²) in [6, 6.07) is 29.2. The number of allylic oxidation sites excluding steroid dienone is 2. The minimum atomic E-state index is -0.285. The van der Waals surface area contributed by atoms with Gasteiger partial charge in [0.25, 0.3) is 0 Å². The molecule has 0 spiro atoms. The lowest BCUT2D eigenvalue weighted by atomic mass is 9.77. The Kier molecular flexibility index (Phi) is 6.50. The molecule has 37 heavy (non-hydrogen) atoms. The highest BCUT2D eigenvalue weighted by Gasteiger charge is 2.37. The molecule has 0 radical (unpaired) electrons. The van der Waals surface area contributed by atoms with Gasteiger partial charge in [-0.15, -0.1) is 0 Å². The van der Waals surface area contributed by atoms with Gasteiger partial charge in [-0.1, -0.05) is 66.2 Å². The first-order valence-corrected chi connectivity index (χ1v) is 12.8. The summed E-state index contributed by atoms with van der Waals surface area (Å²) >= 11 is 6.42. The van der Waals surface area contributed by atoms with Crippen molar-refractivity contribution in [2.45, 2.75) is 25.0 Å². The van der Waals surface area contributed by atoms with Gasteiger partial charge in [0.15, 0.2) is 0 Å². The molecule has 2 aliphatic rings. The summed E-state index contributed by atoms with van der Waals surface area (Å²) in [6.07, 6.45) is 7.55. The summed E-state index contributed by atoms with van der Waals surface area (Å²) in [5.41, 5.74) is 6.39. The number of rotatable bonds is 6. The van der Waals surface area contributed by atoms with Gasteiger partial charge in [0.1, 0.15) is 18.2 Å². The van der Waals surface area contributed by atoms with Crippen molar-refractivity contribution in [3.63, 3.8) is 0 Å². The molecule has 4 aromatic rings. The highest BCUT2D eigenvalue weighted by atomic mass is 35.5. The maximum Gasteiger partial charge on any atom is 0.138 e. The molecule has 1 N–H and O–H groups in total. The Hall–Kier alpha value is -3.89. The summed E-state index contributed by atoms with van der Waals surface area (Å²) in [5, 5.41) is 4.26. The molecule has 1 heterocycles. The lowest BCUT2D eigenvalue weighted by Gasteiger charge is -2.37. The maximum atomic E-state index is 13.4. The molecule has 0 aromatic heterocycles. The summed E-state index contributed by atoms with van der Waals surface area (Å²) in [4.78, 5) is 4.64. The second kappa shape index (κ2) is 10.2. The van der Waals surface area contributed by atoms with E-state index in [4.69, 9.17) is 16.3 Å². The number of ether oxygens (including phenoxy) is 1. The Morgan fingerprint density at radius 2 is 1.84 bits per heavy atom. The van der Waals surface area contributed by atoms with Gasteiger partial charge in [0.2, 0.25) is 0 Å². The molecule has 3 nitrogen and oxygen atoms in total. The van der Waals surface area contributed by atoms with E-state index in [2.05, 4.69) is 71.0 Å². The second-order valence-corrected chi connectivity index (χ2v) is 9.93. The quantitative estimate of drug-likeness (QED) is 0.209. The minimum Gasteiger partial charge on any atom is -0.487 e. The van der Waals surface area contributed by atoms with Crippen LogP contribution in [-0.4, -0.2) is 6.21 Å². The van der Waals surface area contributed by atoms with E-state index in [1.54, 1.807) is 12.3 Å². The zero-order chi connectivity index (χ0) is 25.2. The van der Waals surface area contributed by atoms with E-state index in [9.17, 15) is 4.39 Å². The van der Waals surface area contributed by atoms with Crippen molar-refractivity contribution < 1.29 is 9.13 Å². The minimum absolute atomic E-state index is 0.246. The molecule has 0 saturated carbocycles. The molecule has 0 unspecified atom stereocenters. The van der Waals surface area contributed by atoms with Crippen LogP contribution in [0.5, 0.6) is 5.75 Å². The number of benzene rings is 4. The molecule has 1 aliphatic heterocycles. The monoisotopic (exact) mass is 508 g/mol. The van der Waals surface area contributed by atoms with Crippen molar-refractivity contribution in [3.8, 4) is 5.75 Å². The van der Waals surface area contributed by atoms with Crippen molar-refractivity contribution in [2.24, 2.45) is 10.9 Å². The fraction of sp³-hybridized carbons (Fsp3) is 0.156. The Bertz CT molecular complexity index is 1480. The number of aliphatic imine (C=N–C) groups is 1. The van der Waals surface area contributed by atoms with Crippen LogP contribution in [0.4, 0.5) is 15.8 Å². The molecule has 4 aromatic carbocycles. The first-order chi connectivity index (χ1) is 18.1. The SMILES string of the molecule is Fc1cccc(COc2ccc(C=Nc3ccc([C@@H]4Nc5ccccc5[C@@H]5C=CC[C@H]54)cc3)cc2Cl)c1. The number of hydrogen-bond donors (Lipinski definition) is 1. The molecule has 0 amide bonds. The van der Waals surface area contributed by atoms with E-state index in [0.29, 0.717) is 22.6 Å². The second-order valence-electron chi connectivity index (χ2n) is 9.52. The number of hydrogen-bond acceptors (Lipinski definition) is 3. The summed E-state index contributed by atoms with van der Waals surface area (Å²) in [5.74, 6) is 1.25. The zero-order valence-corrected chi connectivity index (χ0v) is 20.9. The van der Waals surface area contributed by atoms with Crippen LogP contribution in [0.15, 0.2) is 108 Å². The number of nitrogens with zero attached hydrogens (tertiary/aromatic N) is 1. The molecule has 0 fully saturated rings. The van der Waals surface area contributed by atoms with Gasteiger partial charge < -0.3 is 10.1 Å². The maximum absolute atomic E-state index is 13.4. The number of fused-ring (bicyclic) bond motifs is 3. The van der Waals surface area contributed by atoms with E-state index in [0.717, 1.165) is 23.2 Å². The summed E-state index contributed by atoms with van der Waals surface area (Å²) in [7, 11) is 0. The molecule has 184 valence electrons. The van der Waals surface area contributed by atoms with Crippen molar-refractivity contribution >= 4 is 29.2 Å². The van der Waals surface area contributed by atoms with Crippen LogP contribution in [0.25, 0.3) is 0 Å². The molecule has 1 aliphatic carbocycles. The Morgan fingerprint density at radius 3 is 2.68 bits per heavy atom. The lowest BCUT2D eigenvalue weighted by Crippen LogP contribution is -2.28. The van der Waals surface area contributed by atoms with Crippen molar-refractivity contribution in [2.75, 3.05) is 5.32 Å². The van der Waals surface area contributed by atoms with E-state index >= 15 is 0 Å². The van der Waals surface area contributed by atoms with Crippen LogP contribution in [0.2, 0.25) is 5.02 Å². The van der Waals surface area contributed by atoms with E-state index in [-0.39, 0.29) is 18.5 Å². The smallest absolute Gasteiger partial charge is 0.138 e. The van der Waals surface area contributed by atoms with Gasteiger partial charge in [0, 0.05) is 17.8 Å². The van der Waals surface area contributed by atoms with Gasteiger partial charge >= 0.3 is 0 Å². The van der Waals surface area contributed by atoms with Crippen molar-refractivity contribution in [1.82, 2.24) is 0 Å². The van der Waals surface area contributed by atoms with Gasteiger partial charge in [-0.25, -0.2) is 4.39 Å². The molecule has 0 bridgehead atoms. The highest BCUT2D eigenvalue weighted by Crippen LogP contribution is 2.49. The first-order valence-electron chi connectivity index (χ1n) is 12.5. The topological polar surface area (TPSA) is 33.6 Å². The molecule has 0 saturated heterocycles. The molecule has 3 atom stereocenters. The predicted molar refractivity (Wildman–Crippen MR) is 149 cm³/mol. The fourth-order valence-electron chi connectivity index (χ4n) is 5.29. The molecular weight excluding hydrogens is 483 g/mol. The summed E-state index contributed by atoms with van der Waals surface area (Å²) in [6.45, 7) is 0.246. The van der Waals surface area contributed by atoms with Gasteiger partial charge in [-0.2, -0.15) is 0 Å². The third kappa shape index (κ3) is 5.03. The first kappa shape index (κ1) is 23.5. The highest BCUT2D eigenvalue weighted by molar-refractivity contribution is 6.32. The standard InChI is InChI=1S/C32H26ClFN2O/c33-29-18-21(11-16-31(29)37-20-22-5-3-6-24(34)17-22)19-35-25-14-12-23(13-15-25)32-28-9-4-8-26(28)27-7-1-2-10-30(27)36-32/h1-8,10-19,26,28,32,36H,9,20H2/t26-,28+,32-/m0/s1. The van der Waals surface area contributed by atoms with Gasteiger partial charge in [-0.3, -0.25) is 4.99 Å². The van der Waals surface area contributed by atoms with Crippen molar-refractivity contribution in [1.29, 1.82) is 0 Å². The van der Waals surface area contributed by atoms with E-state index in [1.807, 2.05) is 24.3 Å². The predicted octanol–water partition coefficient (Wildman–Crippen LogP) is 8.64. The van der Waals surface area contributed by atoms with Crippen LogP contribution in [0, 0.1) is 11.7 Å². The van der Waals surface area contributed by atoms with Crippen LogP contribution in [-0.2, 0) is 6.61 Å². The van der Waals surface area contributed by atoms with Crippen LogP contribution in [0.3, 0.4) is 0 Å². The third-order valence-corrected chi connectivity index (χ3v) is 7.42. The average Bonchev–Trinajstić information content (AvgIpc) is 3.42. The Morgan fingerprint density at radius 1 is 0.973 bits per heavy atom. The number of nitrogens with one attached hydrogen (secondary N) is 1. The third-order valence-electron chi connectivity index (χ3n) is 7.13. The average molecular weight is 509 g/mol. The Labute approximate surface area is 221 Å². The lowest BCUT2D eigenvalue weighted by molar-refractivity contribution is 0.306. The number of halogens is 2. The van der Waals surface area contributed by atoms with Gasteiger partial charge in [0.05, 0.1) is 16.8 Å². The van der Waals surface area contributed by atoms with Gasteiger partial charge in [-0.05, 0) is 83.1 Å². The normalized spacial score (nSPS) is 19.9. The van der Waals surface area contributed by atoms with E-state index in [1.165, 1.54) is 28.9 Å². The fourth-order valence-corrected chi connectivity index (χ4v) is 5.54. The number of para-hydroxylation sites is 1. The molecular formula is C32H26ClFN2O. The zero-order valence-electron chi connectivity index (χ0n) is 20.1. The van der Waals surface area contributed by atoms with Crippen LogP contribution >= 0.6 is 11.6 Å². The number of anilines is 1. The largest absolute Gasteiger partial charge is 0.487 e. The van der Waals surface area contributed by atoms with Crippen molar-refractivity contribution in [3.05, 3.63) is 136 Å². The molecule has 5 heteroatoms. The van der Waals surface area contributed by atoms with Crippen LogP contribution in [0.1, 0.15) is 40.6 Å². The Balaban J connectivity index is 1.12. The van der Waals surface area contributed by atoms with E-state index < -0.39 is 0 Å².